The Bertz CT molecular complexity index is 992. The van der Waals surface area contributed by atoms with Gasteiger partial charge in [0.2, 0.25) is 0 Å². The van der Waals surface area contributed by atoms with Crippen LogP contribution in [0.5, 0.6) is 11.5 Å². The summed E-state index contributed by atoms with van der Waals surface area (Å²) in [5, 5.41) is 1.10. The number of thiocarbonyl (C=S) groups is 1. The maximum absolute atomic E-state index is 12.8. The fraction of sp³-hybridized carbons (Fsp3) is 0.227. The second kappa shape index (κ2) is 9.77. The van der Waals surface area contributed by atoms with E-state index >= 15 is 0 Å². The molecule has 0 saturated carbocycles. The molecule has 0 bridgehead atoms. The molecule has 3 rings (SSSR count). The van der Waals surface area contributed by atoms with E-state index in [1.54, 1.807) is 43.5 Å². The van der Waals surface area contributed by atoms with Crippen molar-refractivity contribution in [1.82, 2.24) is 10.4 Å². The molecule has 156 valence electrons. The van der Waals surface area contributed by atoms with Crippen molar-refractivity contribution >= 4 is 46.2 Å². The number of methoxy groups -OCH3 is 1. The minimum atomic E-state index is -0.402. The highest BCUT2D eigenvalue weighted by Gasteiger charge is 2.33. The normalized spacial score (nSPS) is 16.0. The van der Waals surface area contributed by atoms with E-state index in [1.807, 2.05) is 32.0 Å². The van der Waals surface area contributed by atoms with Gasteiger partial charge in [-0.05, 0) is 61.5 Å². The second-order valence-corrected chi connectivity index (χ2v) is 8.25. The summed E-state index contributed by atoms with van der Waals surface area (Å²) in [4.78, 5) is 25.5. The summed E-state index contributed by atoms with van der Waals surface area (Å²) < 4.78 is 11.5. The zero-order valence-electron chi connectivity index (χ0n) is 16.9. The fourth-order valence-electron chi connectivity index (χ4n) is 2.64. The third-order valence-corrected chi connectivity index (χ3v) is 5.73. The SMILES string of the molecule is CC[C@H](C)Oc1ccc(/C=C2\SC(=S)N(NC(=O)c3ccccc3)C2=O)cc1OC. The number of carbonyl (C=O) groups excluding carboxylic acids is 2. The molecule has 30 heavy (non-hydrogen) atoms. The Morgan fingerprint density at radius 3 is 2.63 bits per heavy atom. The molecule has 0 radical (unpaired) electrons. The topological polar surface area (TPSA) is 67.9 Å². The Hall–Kier alpha value is -2.84. The Morgan fingerprint density at radius 2 is 1.97 bits per heavy atom. The lowest BCUT2D eigenvalue weighted by molar-refractivity contribution is -0.123. The van der Waals surface area contributed by atoms with E-state index in [9.17, 15) is 9.59 Å². The van der Waals surface area contributed by atoms with Gasteiger partial charge in [0.15, 0.2) is 15.8 Å². The molecule has 1 fully saturated rings. The molecule has 0 spiro atoms. The molecule has 8 heteroatoms. The van der Waals surface area contributed by atoms with E-state index in [2.05, 4.69) is 5.43 Å². The fourth-order valence-corrected chi connectivity index (χ4v) is 3.82. The molecule has 1 heterocycles. The number of thioether (sulfide) groups is 1. The van der Waals surface area contributed by atoms with Gasteiger partial charge in [0.25, 0.3) is 11.8 Å². The largest absolute Gasteiger partial charge is 0.493 e. The molecule has 2 aromatic rings. The maximum atomic E-state index is 12.8. The molecule has 0 unspecified atom stereocenters. The summed E-state index contributed by atoms with van der Waals surface area (Å²) >= 11 is 6.41. The van der Waals surface area contributed by atoms with Crippen LogP contribution in [0.25, 0.3) is 6.08 Å². The number of hydrogen-bond donors (Lipinski definition) is 1. The van der Waals surface area contributed by atoms with Crippen LogP contribution in [0, 0.1) is 0 Å². The molecule has 1 saturated heterocycles. The van der Waals surface area contributed by atoms with Crippen LogP contribution in [-0.2, 0) is 4.79 Å². The molecular formula is C22H22N2O4S2. The quantitative estimate of drug-likeness (QED) is 0.506. The number of nitrogens with one attached hydrogen (secondary N) is 1. The third kappa shape index (κ3) is 5.01. The first-order valence-electron chi connectivity index (χ1n) is 9.41. The monoisotopic (exact) mass is 442 g/mol. The molecule has 2 aromatic carbocycles. The lowest BCUT2D eigenvalue weighted by Gasteiger charge is -2.16. The summed E-state index contributed by atoms with van der Waals surface area (Å²) in [7, 11) is 1.57. The molecule has 1 atom stereocenters. The minimum Gasteiger partial charge on any atom is -0.493 e. The molecule has 1 aliphatic heterocycles. The lowest BCUT2D eigenvalue weighted by Crippen LogP contribution is -2.44. The smallest absolute Gasteiger partial charge is 0.285 e. The predicted octanol–water partition coefficient (Wildman–Crippen LogP) is 4.42. The molecular weight excluding hydrogens is 420 g/mol. The second-order valence-electron chi connectivity index (χ2n) is 6.57. The average molecular weight is 443 g/mol. The van der Waals surface area contributed by atoms with Gasteiger partial charge in [-0.1, -0.05) is 43.0 Å². The number of rotatable bonds is 7. The van der Waals surface area contributed by atoms with Crippen molar-refractivity contribution in [3.05, 3.63) is 64.6 Å². The highest BCUT2D eigenvalue weighted by molar-refractivity contribution is 8.26. The van der Waals surface area contributed by atoms with E-state index in [1.165, 1.54) is 0 Å². The Labute approximate surface area is 185 Å². The number of hydrogen-bond acceptors (Lipinski definition) is 6. The Kier molecular flexibility index (Phi) is 7.12. The Balaban J connectivity index is 1.77. The first kappa shape index (κ1) is 21.9. The van der Waals surface area contributed by atoms with Gasteiger partial charge in [0, 0.05) is 5.56 Å². The summed E-state index contributed by atoms with van der Waals surface area (Å²) in [6.45, 7) is 4.03. The van der Waals surface area contributed by atoms with Crippen molar-refractivity contribution in [2.24, 2.45) is 0 Å². The van der Waals surface area contributed by atoms with Gasteiger partial charge in [-0.15, -0.1) is 0 Å². The summed E-state index contributed by atoms with van der Waals surface area (Å²) in [5.74, 6) is 0.443. The number of hydrazine groups is 1. The van der Waals surface area contributed by atoms with Gasteiger partial charge in [0.05, 0.1) is 18.1 Å². The van der Waals surface area contributed by atoms with Gasteiger partial charge >= 0.3 is 0 Å². The van der Waals surface area contributed by atoms with E-state index in [0.717, 1.165) is 28.8 Å². The summed E-state index contributed by atoms with van der Waals surface area (Å²) in [5.41, 5.74) is 3.77. The molecule has 0 aromatic heterocycles. The number of carbonyl (C=O) groups is 2. The third-order valence-electron chi connectivity index (χ3n) is 4.43. The highest BCUT2D eigenvalue weighted by atomic mass is 32.2. The standard InChI is InChI=1S/C22H22N2O4S2/c1-4-14(2)28-17-11-10-15(12-18(17)27-3)13-19-21(26)24(22(29)30-19)23-20(25)16-8-6-5-7-9-16/h5-14H,4H2,1-3H3,(H,23,25)/b19-13-/t14-/m0/s1. The number of amides is 2. The molecule has 2 amide bonds. The highest BCUT2D eigenvalue weighted by Crippen LogP contribution is 2.34. The van der Waals surface area contributed by atoms with Crippen LogP contribution in [0.1, 0.15) is 36.2 Å². The molecule has 1 N–H and O–H groups in total. The summed E-state index contributed by atoms with van der Waals surface area (Å²) in [6.07, 6.45) is 2.65. The van der Waals surface area contributed by atoms with E-state index in [-0.39, 0.29) is 16.3 Å². The number of nitrogens with zero attached hydrogens (tertiary/aromatic N) is 1. The zero-order chi connectivity index (χ0) is 21.7. The van der Waals surface area contributed by atoms with Crippen molar-refractivity contribution in [1.29, 1.82) is 0 Å². The molecule has 0 aliphatic carbocycles. The van der Waals surface area contributed by atoms with Crippen LogP contribution in [0.15, 0.2) is 53.4 Å². The van der Waals surface area contributed by atoms with E-state index in [0.29, 0.717) is 22.0 Å². The van der Waals surface area contributed by atoms with Crippen LogP contribution in [0.2, 0.25) is 0 Å². The number of benzene rings is 2. The van der Waals surface area contributed by atoms with Crippen molar-refractivity contribution in [2.75, 3.05) is 7.11 Å². The number of ether oxygens (including phenoxy) is 2. The zero-order valence-corrected chi connectivity index (χ0v) is 18.5. The van der Waals surface area contributed by atoms with E-state index in [4.69, 9.17) is 21.7 Å². The van der Waals surface area contributed by atoms with Crippen molar-refractivity contribution in [2.45, 2.75) is 26.4 Å². The lowest BCUT2D eigenvalue weighted by atomic mass is 10.1. The van der Waals surface area contributed by atoms with E-state index < -0.39 is 5.91 Å². The van der Waals surface area contributed by atoms with Crippen LogP contribution >= 0.6 is 24.0 Å². The van der Waals surface area contributed by atoms with Crippen LogP contribution in [0.3, 0.4) is 0 Å². The van der Waals surface area contributed by atoms with Crippen LogP contribution in [0.4, 0.5) is 0 Å². The van der Waals surface area contributed by atoms with Gasteiger partial charge < -0.3 is 9.47 Å². The van der Waals surface area contributed by atoms with Gasteiger partial charge in [-0.3, -0.25) is 15.0 Å². The van der Waals surface area contributed by atoms with Crippen molar-refractivity contribution < 1.29 is 19.1 Å². The van der Waals surface area contributed by atoms with Gasteiger partial charge in [-0.2, -0.15) is 5.01 Å². The predicted molar refractivity (Wildman–Crippen MR) is 122 cm³/mol. The van der Waals surface area contributed by atoms with Crippen molar-refractivity contribution in [3.8, 4) is 11.5 Å². The van der Waals surface area contributed by atoms with Crippen LogP contribution < -0.4 is 14.9 Å². The molecule has 1 aliphatic rings. The minimum absolute atomic E-state index is 0.0641. The first-order valence-corrected chi connectivity index (χ1v) is 10.6. The van der Waals surface area contributed by atoms with Crippen LogP contribution in [-0.4, -0.2) is 34.4 Å². The summed E-state index contributed by atoms with van der Waals surface area (Å²) in [6, 6.07) is 14.1. The van der Waals surface area contributed by atoms with Gasteiger partial charge in [0.1, 0.15) is 0 Å². The molecule has 6 nitrogen and oxygen atoms in total. The Morgan fingerprint density at radius 1 is 1.23 bits per heavy atom. The van der Waals surface area contributed by atoms with Crippen molar-refractivity contribution in [3.63, 3.8) is 0 Å². The van der Waals surface area contributed by atoms with Gasteiger partial charge in [-0.25, -0.2) is 0 Å². The maximum Gasteiger partial charge on any atom is 0.285 e. The first-order chi connectivity index (χ1) is 14.4. The average Bonchev–Trinajstić information content (AvgIpc) is 3.02.